The van der Waals surface area contributed by atoms with Crippen LogP contribution in [0.3, 0.4) is 0 Å². The molecule has 1 N–H and O–H groups in total. The third kappa shape index (κ3) is 4.44. The Morgan fingerprint density at radius 3 is 3.05 bits per heavy atom. The van der Waals surface area contributed by atoms with Crippen LogP contribution in [0, 0.1) is 5.92 Å². The highest BCUT2D eigenvalue weighted by Gasteiger charge is 2.29. The molecule has 0 saturated carbocycles. The average molecular weight is 345 g/mol. The molecule has 6 heteroatoms. The number of morpholine rings is 1. The lowest BCUT2D eigenvalue weighted by molar-refractivity contribution is -0.145. The fraction of sp³-hybridized carbons (Fsp3) is 0.688. The Morgan fingerprint density at radius 2 is 2.36 bits per heavy atom. The summed E-state index contributed by atoms with van der Waals surface area (Å²) in [4.78, 5) is 14.5. The lowest BCUT2D eigenvalue weighted by atomic mass is 10.0. The van der Waals surface area contributed by atoms with Gasteiger partial charge in [0.25, 0.3) is 0 Å². The van der Waals surface area contributed by atoms with Gasteiger partial charge in [-0.1, -0.05) is 0 Å². The zero-order valence-electron chi connectivity index (χ0n) is 13.0. The van der Waals surface area contributed by atoms with Crippen molar-refractivity contribution in [2.75, 3.05) is 26.2 Å². The molecular formula is C16H25ClN2O2S. The topological polar surface area (TPSA) is 41.6 Å². The number of thiophene rings is 1. The number of nitrogens with one attached hydrogen (secondary N) is 1. The van der Waals surface area contributed by atoms with E-state index in [-0.39, 0.29) is 30.5 Å². The van der Waals surface area contributed by atoms with Crippen LogP contribution in [0.1, 0.15) is 37.9 Å². The standard InChI is InChI=1S/C16H24N2O2S.ClH/c1-12-9-18(10-15(20-12)14-5-7-21-11-14)16(19)3-2-13-4-6-17-8-13;/h5,7,11-13,15,17H,2-4,6,8-10H2,1H3;1H. The molecule has 22 heavy (non-hydrogen) atoms. The van der Waals surface area contributed by atoms with Gasteiger partial charge >= 0.3 is 0 Å². The summed E-state index contributed by atoms with van der Waals surface area (Å²) in [5.74, 6) is 0.970. The van der Waals surface area contributed by atoms with Gasteiger partial charge < -0.3 is 15.0 Å². The van der Waals surface area contributed by atoms with Gasteiger partial charge in [0.15, 0.2) is 0 Å². The summed E-state index contributed by atoms with van der Waals surface area (Å²) in [6.45, 7) is 5.66. The van der Waals surface area contributed by atoms with Crippen LogP contribution in [0.5, 0.6) is 0 Å². The maximum atomic E-state index is 12.5. The van der Waals surface area contributed by atoms with Crippen molar-refractivity contribution in [1.82, 2.24) is 10.2 Å². The molecule has 3 heterocycles. The van der Waals surface area contributed by atoms with E-state index in [0.717, 1.165) is 26.1 Å². The number of hydrogen-bond acceptors (Lipinski definition) is 4. The molecule has 2 fully saturated rings. The van der Waals surface area contributed by atoms with E-state index in [9.17, 15) is 4.79 Å². The van der Waals surface area contributed by atoms with E-state index in [2.05, 4.69) is 29.1 Å². The summed E-state index contributed by atoms with van der Waals surface area (Å²) < 4.78 is 5.99. The molecule has 0 radical (unpaired) electrons. The van der Waals surface area contributed by atoms with Crippen LogP contribution in [0.15, 0.2) is 16.8 Å². The largest absolute Gasteiger partial charge is 0.367 e. The van der Waals surface area contributed by atoms with Crippen LogP contribution in [0.25, 0.3) is 0 Å². The van der Waals surface area contributed by atoms with E-state index in [0.29, 0.717) is 18.9 Å². The maximum absolute atomic E-state index is 12.5. The molecule has 2 aliphatic rings. The molecule has 0 aromatic carbocycles. The lowest BCUT2D eigenvalue weighted by Crippen LogP contribution is -2.45. The van der Waals surface area contributed by atoms with Crippen molar-refractivity contribution >= 4 is 29.7 Å². The Labute approximate surface area is 142 Å². The van der Waals surface area contributed by atoms with Crippen LogP contribution < -0.4 is 5.32 Å². The second kappa shape index (κ2) is 8.29. The number of carbonyl (C=O) groups excluding carboxylic acids is 1. The fourth-order valence-corrected chi connectivity index (χ4v) is 3.95. The predicted octanol–water partition coefficient (Wildman–Crippen LogP) is 2.85. The summed E-state index contributed by atoms with van der Waals surface area (Å²) in [7, 11) is 0. The predicted molar refractivity (Wildman–Crippen MR) is 91.6 cm³/mol. The zero-order chi connectivity index (χ0) is 14.7. The third-order valence-electron chi connectivity index (χ3n) is 4.46. The molecular weight excluding hydrogens is 320 g/mol. The first-order valence-electron chi connectivity index (χ1n) is 7.88. The molecule has 0 aliphatic carbocycles. The normalized spacial score (nSPS) is 28.4. The molecule has 2 saturated heterocycles. The van der Waals surface area contributed by atoms with Crippen molar-refractivity contribution in [2.24, 2.45) is 5.92 Å². The van der Waals surface area contributed by atoms with Crippen molar-refractivity contribution in [2.45, 2.75) is 38.4 Å². The van der Waals surface area contributed by atoms with Crippen LogP contribution in [0.4, 0.5) is 0 Å². The van der Waals surface area contributed by atoms with Crippen LogP contribution in [-0.4, -0.2) is 43.1 Å². The van der Waals surface area contributed by atoms with Gasteiger partial charge in [0, 0.05) is 13.0 Å². The van der Waals surface area contributed by atoms with Crippen molar-refractivity contribution in [3.05, 3.63) is 22.4 Å². The highest BCUT2D eigenvalue weighted by molar-refractivity contribution is 7.07. The van der Waals surface area contributed by atoms with Crippen molar-refractivity contribution in [3.8, 4) is 0 Å². The van der Waals surface area contributed by atoms with Gasteiger partial charge in [-0.05, 0) is 61.2 Å². The molecule has 4 nitrogen and oxygen atoms in total. The van der Waals surface area contributed by atoms with Gasteiger partial charge in [0.2, 0.25) is 5.91 Å². The Kier molecular flexibility index (Phi) is 6.68. The average Bonchev–Trinajstić information content (AvgIpc) is 3.17. The molecule has 0 spiro atoms. The van der Waals surface area contributed by atoms with E-state index in [1.807, 2.05) is 4.90 Å². The monoisotopic (exact) mass is 344 g/mol. The van der Waals surface area contributed by atoms with Crippen LogP contribution >= 0.6 is 23.7 Å². The summed E-state index contributed by atoms with van der Waals surface area (Å²) in [5, 5.41) is 7.55. The zero-order valence-corrected chi connectivity index (χ0v) is 14.6. The number of amides is 1. The van der Waals surface area contributed by atoms with Crippen LogP contribution in [0.2, 0.25) is 0 Å². The van der Waals surface area contributed by atoms with Crippen molar-refractivity contribution < 1.29 is 9.53 Å². The second-order valence-electron chi connectivity index (χ2n) is 6.19. The Morgan fingerprint density at radius 1 is 1.50 bits per heavy atom. The summed E-state index contributed by atoms with van der Waals surface area (Å²) in [5.41, 5.74) is 1.20. The quantitative estimate of drug-likeness (QED) is 0.913. The molecule has 1 aromatic heterocycles. The minimum atomic E-state index is 0. The summed E-state index contributed by atoms with van der Waals surface area (Å²) in [6.07, 6.45) is 3.05. The van der Waals surface area contributed by atoms with Gasteiger partial charge in [-0.2, -0.15) is 11.3 Å². The fourth-order valence-electron chi connectivity index (χ4n) is 3.24. The van der Waals surface area contributed by atoms with Gasteiger partial charge in [-0.25, -0.2) is 0 Å². The van der Waals surface area contributed by atoms with E-state index in [1.165, 1.54) is 12.0 Å². The van der Waals surface area contributed by atoms with Gasteiger partial charge in [0.05, 0.1) is 12.6 Å². The highest BCUT2D eigenvalue weighted by atomic mass is 35.5. The number of halogens is 1. The molecule has 3 rings (SSSR count). The van der Waals surface area contributed by atoms with E-state index in [1.54, 1.807) is 11.3 Å². The first-order chi connectivity index (χ1) is 10.2. The summed E-state index contributed by atoms with van der Waals surface area (Å²) >= 11 is 1.68. The smallest absolute Gasteiger partial charge is 0.222 e. The molecule has 0 bridgehead atoms. The van der Waals surface area contributed by atoms with Crippen molar-refractivity contribution in [1.29, 1.82) is 0 Å². The number of carbonyl (C=O) groups is 1. The number of hydrogen-bond donors (Lipinski definition) is 1. The van der Waals surface area contributed by atoms with Crippen LogP contribution in [-0.2, 0) is 9.53 Å². The molecule has 1 aromatic rings. The SMILES string of the molecule is CC1CN(C(=O)CCC2CCNC2)CC(c2ccsc2)O1.Cl. The molecule has 3 unspecified atom stereocenters. The number of nitrogens with zero attached hydrogens (tertiary/aromatic N) is 1. The van der Waals surface area contributed by atoms with E-state index in [4.69, 9.17) is 4.74 Å². The maximum Gasteiger partial charge on any atom is 0.222 e. The Hall–Kier alpha value is -0.620. The molecule has 2 aliphatic heterocycles. The minimum absolute atomic E-state index is 0. The summed E-state index contributed by atoms with van der Waals surface area (Å²) in [6, 6.07) is 2.10. The van der Waals surface area contributed by atoms with Crippen molar-refractivity contribution in [3.63, 3.8) is 0 Å². The van der Waals surface area contributed by atoms with E-state index >= 15 is 0 Å². The number of ether oxygens (including phenoxy) is 1. The minimum Gasteiger partial charge on any atom is -0.367 e. The van der Waals surface area contributed by atoms with Gasteiger partial charge in [0.1, 0.15) is 6.10 Å². The van der Waals surface area contributed by atoms with Gasteiger partial charge in [-0.15, -0.1) is 12.4 Å². The first kappa shape index (κ1) is 17.7. The molecule has 124 valence electrons. The first-order valence-corrected chi connectivity index (χ1v) is 8.82. The Balaban J connectivity index is 0.00000176. The lowest BCUT2D eigenvalue weighted by Gasteiger charge is -2.37. The molecule has 1 amide bonds. The van der Waals surface area contributed by atoms with Gasteiger partial charge in [-0.3, -0.25) is 4.79 Å². The number of rotatable bonds is 4. The Bertz CT molecular complexity index is 463. The van der Waals surface area contributed by atoms with E-state index < -0.39 is 0 Å². The molecule has 3 atom stereocenters. The highest BCUT2D eigenvalue weighted by Crippen LogP contribution is 2.27. The third-order valence-corrected chi connectivity index (χ3v) is 5.16. The second-order valence-corrected chi connectivity index (χ2v) is 6.97.